The quantitative estimate of drug-likeness (QED) is 0.551. The van der Waals surface area contributed by atoms with Gasteiger partial charge >= 0.3 is 0 Å². The molecule has 4 heteroatoms. The van der Waals surface area contributed by atoms with Gasteiger partial charge in [-0.2, -0.15) is 0 Å². The third-order valence-corrected chi connectivity index (χ3v) is 3.93. The van der Waals surface area contributed by atoms with Crippen LogP contribution < -0.4 is 4.74 Å². The molecule has 15 heavy (non-hydrogen) atoms. The standard InChI is InChI=1S/C11H21NO2Si/c1-13-11-6-5-7-12(11)10-14-8-9-15(2,3)4/h5-7H,8-10H2,1-4H3. The summed E-state index contributed by atoms with van der Waals surface area (Å²) < 4.78 is 12.8. The van der Waals surface area contributed by atoms with Gasteiger partial charge in [0.05, 0.1) is 7.11 Å². The first-order valence-electron chi connectivity index (χ1n) is 5.30. The topological polar surface area (TPSA) is 23.4 Å². The minimum atomic E-state index is -0.967. The molecule has 0 fully saturated rings. The van der Waals surface area contributed by atoms with Gasteiger partial charge in [0, 0.05) is 20.9 Å². The van der Waals surface area contributed by atoms with Crippen molar-refractivity contribution >= 4 is 8.07 Å². The van der Waals surface area contributed by atoms with Gasteiger partial charge in [-0.25, -0.2) is 0 Å². The first-order valence-corrected chi connectivity index (χ1v) is 9.00. The Morgan fingerprint density at radius 3 is 2.67 bits per heavy atom. The van der Waals surface area contributed by atoms with Crippen LogP contribution in [0.4, 0.5) is 0 Å². The van der Waals surface area contributed by atoms with Crippen LogP contribution in [-0.4, -0.2) is 26.4 Å². The van der Waals surface area contributed by atoms with Gasteiger partial charge in [0.25, 0.3) is 0 Å². The van der Waals surface area contributed by atoms with Gasteiger partial charge in [0.1, 0.15) is 6.73 Å². The average Bonchev–Trinajstić information content (AvgIpc) is 2.58. The molecular formula is C11H21NO2Si. The summed E-state index contributed by atoms with van der Waals surface area (Å²) in [5.41, 5.74) is 0. The molecule has 1 aromatic heterocycles. The van der Waals surface area contributed by atoms with Crippen LogP contribution in [0.3, 0.4) is 0 Å². The van der Waals surface area contributed by atoms with Crippen molar-refractivity contribution in [2.24, 2.45) is 0 Å². The van der Waals surface area contributed by atoms with E-state index in [0.29, 0.717) is 6.73 Å². The lowest BCUT2D eigenvalue weighted by atomic mass is 10.7. The van der Waals surface area contributed by atoms with Crippen LogP contribution in [0.15, 0.2) is 18.3 Å². The maximum absolute atomic E-state index is 5.61. The molecule has 0 aliphatic heterocycles. The second-order valence-corrected chi connectivity index (χ2v) is 10.5. The normalized spacial score (nSPS) is 11.7. The zero-order chi connectivity index (χ0) is 11.3. The molecule has 0 aromatic carbocycles. The second kappa shape index (κ2) is 5.37. The van der Waals surface area contributed by atoms with E-state index in [-0.39, 0.29) is 0 Å². The van der Waals surface area contributed by atoms with Gasteiger partial charge in [-0.15, -0.1) is 0 Å². The van der Waals surface area contributed by atoms with E-state index >= 15 is 0 Å². The molecule has 0 aliphatic carbocycles. The van der Waals surface area contributed by atoms with Crippen molar-refractivity contribution in [3.05, 3.63) is 18.3 Å². The molecule has 0 aliphatic rings. The van der Waals surface area contributed by atoms with Gasteiger partial charge < -0.3 is 9.47 Å². The molecule has 0 bridgehead atoms. The molecule has 1 heterocycles. The summed E-state index contributed by atoms with van der Waals surface area (Å²) in [5, 5.41) is 0. The van der Waals surface area contributed by atoms with Gasteiger partial charge in [-0.3, -0.25) is 4.57 Å². The largest absolute Gasteiger partial charge is 0.482 e. The maximum Gasteiger partial charge on any atom is 0.195 e. The number of nitrogens with zero attached hydrogens (tertiary/aromatic N) is 1. The van der Waals surface area contributed by atoms with Crippen molar-refractivity contribution in [2.45, 2.75) is 32.4 Å². The number of methoxy groups -OCH3 is 1. The Labute approximate surface area is 93.0 Å². The molecule has 0 amide bonds. The van der Waals surface area contributed by atoms with E-state index in [0.717, 1.165) is 12.5 Å². The van der Waals surface area contributed by atoms with Gasteiger partial charge in [0.15, 0.2) is 5.88 Å². The Kier molecular flexibility index (Phi) is 4.41. The summed E-state index contributed by atoms with van der Waals surface area (Å²) in [4.78, 5) is 0. The van der Waals surface area contributed by atoms with E-state index in [1.807, 2.05) is 22.9 Å². The highest BCUT2D eigenvalue weighted by Crippen LogP contribution is 2.12. The smallest absolute Gasteiger partial charge is 0.195 e. The van der Waals surface area contributed by atoms with Gasteiger partial charge in [-0.1, -0.05) is 19.6 Å². The number of hydrogen-bond donors (Lipinski definition) is 0. The third-order valence-electron chi connectivity index (χ3n) is 2.22. The monoisotopic (exact) mass is 227 g/mol. The van der Waals surface area contributed by atoms with Crippen LogP contribution in [0.25, 0.3) is 0 Å². The summed E-state index contributed by atoms with van der Waals surface area (Å²) in [6.07, 6.45) is 1.97. The molecule has 1 aromatic rings. The molecule has 0 radical (unpaired) electrons. The first kappa shape index (κ1) is 12.3. The zero-order valence-electron chi connectivity index (χ0n) is 10.1. The lowest BCUT2D eigenvalue weighted by Gasteiger charge is -2.16. The maximum atomic E-state index is 5.61. The van der Waals surface area contributed by atoms with Crippen LogP contribution >= 0.6 is 0 Å². The minimum Gasteiger partial charge on any atom is -0.482 e. The Hall–Kier alpha value is -0.743. The molecule has 1 rings (SSSR count). The van der Waals surface area contributed by atoms with Crippen LogP contribution in [0, 0.1) is 0 Å². The SMILES string of the molecule is COc1cccn1COCC[Si](C)(C)C. The Bertz CT molecular complexity index is 291. The summed E-state index contributed by atoms with van der Waals surface area (Å²) in [6, 6.07) is 5.10. The van der Waals surface area contributed by atoms with Crippen LogP contribution in [0.5, 0.6) is 5.88 Å². The summed E-state index contributed by atoms with van der Waals surface area (Å²) in [7, 11) is 0.708. The van der Waals surface area contributed by atoms with Gasteiger partial charge in [-0.05, 0) is 18.2 Å². The molecule has 0 spiro atoms. The molecule has 0 saturated carbocycles. The number of hydrogen-bond acceptors (Lipinski definition) is 2. The first-order chi connectivity index (χ1) is 7.03. The lowest BCUT2D eigenvalue weighted by Crippen LogP contribution is -2.22. The Balaban J connectivity index is 2.26. The second-order valence-electron chi connectivity index (χ2n) is 4.87. The van der Waals surface area contributed by atoms with Crippen LogP contribution in [0.1, 0.15) is 0 Å². The average molecular weight is 227 g/mol. The number of aromatic nitrogens is 1. The fraction of sp³-hybridized carbons (Fsp3) is 0.636. The van der Waals surface area contributed by atoms with Crippen molar-refractivity contribution in [2.75, 3.05) is 13.7 Å². The van der Waals surface area contributed by atoms with E-state index in [4.69, 9.17) is 9.47 Å². The van der Waals surface area contributed by atoms with Crippen LogP contribution in [-0.2, 0) is 11.5 Å². The molecule has 0 unspecified atom stereocenters. The zero-order valence-corrected chi connectivity index (χ0v) is 11.1. The third kappa shape index (κ3) is 4.53. The van der Waals surface area contributed by atoms with Crippen molar-refractivity contribution in [3.63, 3.8) is 0 Å². The van der Waals surface area contributed by atoms with Crippen LogP contribution in [0.2, 0.25) is 25.7 Å². The fourth-order valence-corrected chi connectivity index (χ4v) is 1.99. The Morgan fingerprint density at radius 2 is 2.07 bits per heavy atom. The number of rotatable bonds is 6. The highest BCUT2D eigenvalue weighted by Gasteiger charge is 2.12. The molecule has 3 nitrogen and oxygen atoms in total. The summed E-state index contributed by atoms with van der Waals surface area (Å²) in [5.74, 6) is 0.850. The lowest BCUT2D eigenvalue weighted by molar-refractivity contribution is 0.0818. The van der Waals surface area contributed by atoms with E-state index in [1.165, 1.54) is 6.04 Å². The highest BCUT2D eigenvalue weighted by molar-refractivity contribution is 6.76. The molecule has 0 N–H and O–H groups in total. The van der Waals surface area contributed by atoms with Gasteiger partial charge in [0.2, 0.25) is 0 Å². The highest BCUT2D eigenvalue weighted by atomic mass is 28.3. The number of ether oxygens (including phenoxy) is 2. The van der Waals surface area contributed by atoms with E-state index in [9.17, 15) is 0 Å². The molecule has 0 atom stereocenters. The van der Waals surface area contributed by atoms with E-state index in [1.54, 1.807) is 7.11 Å². The predicted octanol–water partition coefficient (Wildman–Crippen LogP) is 2.81. The fourth-order valence-electron chi connectivity index (χ4n) is 1.23. The molecule has 0 saturated heterocycles. The van der Waals surface area contributed by atoms with E-state index in [2.05, 4.69) is 19.6 Å². The minimum absolute atomic E-state index is 0.584. The molecule has 86 valence electrons. The predicted molar refractivity (Wildman–Crippen MR) is 65.1 cm³/mol. The van der Waals surface area contributed by atoms with E-state index < -0.39 is 8.07 Å². The summed E-state index contributed by atoms with van der Waals surface area (Å²) >= 11 is 0. The van der Waals surface area contributed by atoms with Crippen molar-refractivity contribution in [1.29, 1.82) is 0 Å². The molecular weight excluding hydrogens is 206 g/mol. The van der Waals surface area contributed by atoms with Crippen molar-refractivity contribution in [3.8, 4) is 5.88 Å². The van der Waals surface area contributed by atoms with Crippen molar-refractivity contribution in [1.82, 2.24) is 4.57 Å². The van der Waals surface area contributed by atoms with Crippen molar-refractivity contribution < 1.29 is 9.47 Å². The Morgan fingerprint density at radius 1 is 1.33 bits per heavy atom. The summed E-state index contributed by atoms with van der Waals surface area (Å²) in [6.45, 7) is 8.49.